The quantitative estimate of drug-likeness (QED) is 0.581. The Labute approximate surface area is 158 Å². The molecule has 1 fully saturated rings. The second-order valence-electron chi connectivity index (χ2n) is 8.37. The maximum absolute atomic E-state index is 6.40. The molecule has 0 aliphatic heterocycles. The van der Waals surface area contributed by atoms with Crippen LogP contribution in [-0.4, -0.2) is 12.2 Å². The highest BCUT2D eigenvalue weighted by Gasteiger charge is 2.46. The molecule has 0 N–H and O–H groups in total. The lowest BCUT2D eigenvalue weighted by molar-refractivity contribution is -0.0676. The van der Waals surface area contributed by atoms with Crippen molar-refractivity contribution in [2.24, 2.45) is 0 Å². The molecule has 1 aliphatic carbocycles. The topological polar surface area (TPSA) is 18.5 Å². The third kappa shape index (κ3) is 4.55. The van der Waals surface area contributed by atoms with Gasteiger partial charge in [0, 0.05) is 0 Å². The fourth-order valence-corrected chi connectivity index (χ4v) is 3.81. The van der Waals surface area contributed by atoms with Crippen molar-refractivity contribution in [3.8, 4) is 0 Å². The summed E-state index contributed by atoms with van der Waals surface area (Å²) in [5, 5.41) is 0. The molecule has 1 saturated carbocycles. The summed E-state index contributed by atoms with van der Waals surface area (Å²) in [6.45, 7) is 10.7. The number of hydrogen-bond acceptors (Lipinski definition) is 2. The molecule has 140 valence electrons. The highest BCUT2D eigenvalue weighted by Crippen LogP contribution is 2.50. The largest absolute Gasteiger partial charge is 0.368 e. The Morgan fingerprint density at radius 1 is 0.962 bits per heavy atom. The highest BCUT2D eigenvalue weighted by atomic mass is 16.5. The van der Waals surface area contributed by atoms with Crippen molar-refractivity contribution in [2.75, 3.05) is 0 Å². The zero-order valence-corrected chi connectivity index (χ0v) is 16.8. The van der Waals surface area contributed by atoms with Crippen LogP contribution in [0.2, 0.25) is 0 Å². The van der Waals surface area contributed by atoms with Crippen LogP contribution in [0.5, 0.6) is 0 Å². The lowest BCUT2D eigenvalue weighted by Crippen LogP contribution is -2.28. The van der Waals surface area contributed by atoms with Crippen LogP contribution < -0.4 is 0 Å². The molecule has 0 amide bonds. The van der Waals surface area contributed by atoms with E-state index < -0.39 is 0 Å². The summed E-state index contributed by atoms with van der Waals surface area (Å²) in [6.07, 6.45) is 3.56. The van der Waals surface area contributed by atoms with E-state index in [4.69, 9.17) is 9.47 Å². The van der Waals surface area contributed by atoms with Crippen LogP contribution in [-0.2, 0) is 27.1 Å². The zero-order valence-electron chi connectivity index (χ0n) is 16.8. The Kier molecular flexibility index (Phi) is 5.55. The first-order chi connectivity index (χ1) is 12.3. The van der Waals surface area contributed by atoms with Gasteiger partial charge in [0.1, 0.15) is 0 Å². The third-order valence-electron chi connectivity index (χ3n) is 5.11. The van der Waals surface area contributed by atoms with Crippen molar-refractivity contribution in [1.82, 2.24) is 0 Å². The molecule has 0 radical (unpaired) electrons. The van der Waals surface area contributed by atoms with E-state index >= 15 is 0 Å². The van der Waals surface area contributed by atoms with Crippen molar-refractivity contribution >= 4 is 0 Å². The predicted octanol–water partition coefficient (Wildman–Crippen LogP) is 5.98. The standard InChI is InChI=1S/C24H32O2/c1-18(2)25-24(14-15-24)22-13-9-10-20(17-22)16-19(3)26-23(4,5)21-11-7-6-8-12-21/h6-13,17-19H,14-16H2,1-5H3. The van der Waals surface area contributed by atoms with E-state index in [-0.39, 0.29) is 23.4 Å². The van der Waals surface area contributed by atoms with Crippen molar-refractivity contribution in [1.29, 1.82) is 0 Å². The summed E-state index contributed by atoms with van der Waals surface area (Å²) in [7, 11) is 0. The second-order valence-corrected chi connectivity index (χ2v) is 8.37. The molecule has 2 nitrogen and oxygen atoms in total. The average molecular weight is 353 g/mol. The molecule has 0 bridgehead atoms. The van der Waals surface area contributed by atoms with Gasteiger partial charge in [-0.25, -0.2) is 0 Å². The van der Waals surface area contributed by atoms with Crippen molar-refractivity contribution in [2.45, 2.75) is 77.3 Å². The van der Waals surface area contributed by atoms with E-state index in [0.29, 0.717) is 0 Å². The number of hydrogen-bond donors (Lipinski definition) is 0. The van der Waals surface area contributed by atoms with Gasteiger partial charge in [0.05, 0.1) is 23.4 Å². The summed E-state index contributed by atoms with van der Waals surface area (Å²) < 4.78 is 12.6. The fraction of sp³-hybridized carbons (Fsp3) is 0.500. The third-order valence-corrected chi connectivity index (χ3v) is 5.11. The van der Waals surface area contributed by atoms with Crippen molar-refractivity contribution in [3.05, 3.63) is 71.3 Å². The first-order valence-corrected chi connectivity index (χ1v) is 9.81. The van der Waals surface area contributed by atoms with E-state index in [2.05, 4.69) is 83.1 Å². The number of ether oxygens (including phenoxy) is 2. The average Bonchev–Trinajstić information content (AvgIpc) is 3.35. The first kappa shape index (κ1) is 19.1. The van der Waals surface area contributed by atoms with Crippen LogP contribution in [0.1, 0.15) is 64.2 Å². The van der Waals surface area contributed by atoms with E-state index in [9.17, 15) is 0 Å². The van der Waals surface area contributed by atoms with Gasteiger partial charge in [0.15, 0.2) is 0 Å². The zero-order chi connectivity index (χ0) is 18.8. The monoisotopic (exact) mass is 352 g/mol. The van der Waals surface area contributed by atoms with Crippen LogP contribution >= 0.6 is 0 Å². The molecular weight excluding hydrogens is 320 g/mol. The Hall–Kier alpha value is -1.64. The van der Waals surface area contributed by atoms with Crippen LogP contribution in [0, 0.1) is 0 Å². The molecule has 3 rings (SSSR count). The Bertz CT molecular complexity index is 714. The lowest BCUT2D eigenvalue weighted by Gasteiger charge is -2.30. The smallest absolute Gasteiger partial charge is 0.0937 e. The molecule has 0 saturated heterocycles. The van der Waals surface area contributed by atoms with Gasteiger partial charge in [0.25, 0.3) is 0 Å². The van der Waals surface area contributed by atoms with Crippen LogP contribution in [0.3, 0.4) is 0 Å². The first-order valence-electron chi connectivity index (χ1n) is 9.81. The van der Waals surface area contributed by atoms with E-state index in [0.717, 1.165) is 19.3 Å². The Morgan fingerprint density at radius 2 is 1.65 bits per heavy atom. The van der Waals surface area contributed by atoms with Gasteiger partial charge in [0.2, 0.25) is 0 Å². The summed E-state index contributed by atoms with van der Waals surface area (Å²) in [4.78, 5) is 0. The van der Waals surface area contributed by atoms with Crippen LogP contribution in [0.15, 0.2) is 54.6 Å². The van der Waals surface area contributed by atoms with Gasteiger partial charge in [-0.15, -0.1) is 0 Å². The molecule has 2 aromatic rings. The molecule has 0 heterocycles. The van der Waals surface area contributed by atoms with Gasteiger partial charge in [-0.2, -0.15) is 0 Å². The highest BCUT2D eigenvalue weighted by molar-refractivity contribution is 5.32. The van der Waals surface area contributed by atoms with Crippen LogP contribution in [0.25, 0.3) is 0 Å². The molecule has 1 aliphatic rings. The van der Waals surface area contributed by atoms with Crippen molar-refractivity contribution < 1.29 is 9.47 Å². The molecule has 2 heteroatoms. The van der Waals surface area contributed by atoms with E-state index in [1.54, 1.807) is 0 Å². The Balaban J connectivity index is 1.67. The summed E-state index contributed by atoms with van der Waals surface area (Å²) in [5.41, 5.74) is 3.51. The maximum Gasteiger partial charge on any atom is 0.0937 e. The van der Waals surface area contributed by atoms with Gasteiger partial charge in [-0.05, 0) is 70.6 Å². The van der Waals surface area contributed by atoms with E-state index in [1.165, 1.54) is 16.7 Å². The molecule has 2 aromatic carbocycles. The molecule has 26 heavy (non-hydrogen) atoms. The minimum absolute atomic E-state index is 0.0441. The number of benzene rings is 2. The molecular formula is C24H32O2. The summed E-state index contributed by atoms with van der Waals surface area (Å²) in [6, 6.07) is 19.3. The maximum atomic E-state index is 6.40. The molecule has 0 spiro atoms. The van der Waals surface area contributed by atoms with Gasteiger partial charge in [-0.3, -0.25) is 0 Å². The lowest BCUT2D eigenvalue weighted by atomic mass is 9.97. The summed E-state index contributed by atoms with van der Waals surface area (Å²) >= 11 is 0. The molecule has 0 aromatic heterocycles. The van der Waals surface area contributed by atoms with Crippen LogP contribution in [0.4, 0.5) is 0 Å². The molecule has 1 atom stereocenters. The van der Waals surface area contributed by atoms with Gasteiger partial charge in [-0.1, -0.05) is 54.6 Å². The van der Waals surface area contributed by atoms with Gasteiger partial charge >= 0.3 is 0 Å². The summed E-state index contributed by atoms with van der Waals surface area (Å²) in [5.74, 6) is 0. The second kappa shape index (κ2) is 7.54. The van der Waals surface area contributed by atoms with Gasteiger partial charge < -0.3 is 9.47 Å². The number of rotatable bonds is 8. The normalized spacial score (nSPS) is 17.3. The molecule has 1 unspecified atom stereocenters. The SMILES string of the molecule is CC(C)OC1(c2cccc(CC(C)OC(C)(C)c3ccccc3)c2)CC1. The predicted molar refractivity (Wildman–Crippen MR) is 107 cm³/mol. The minimum atomic E-state index is -0.295. The van der Waals surface area contributed by atoms with E-state index in [1.807, 2.05) is 6.07 Å². The van der Waals surface area contributed by atoms with Crippen molar-refractivity contribution in [3.63, 3.8) is 0 Å². The minimum Gasteiger partial charge on any atom is -0.368 e. The Morgan fingerprint density at radius 3 is 2.27 bits per heavy atom. The fourth-order valence-electron chi connectivity index (χ4n) is 3.81.